The molecule has 0 bridgehead atoms. The summed E-state index contributed by atoms with van der Waals surface area (Å²) in [6.07, 6.45) is 0. The molecule has 0 fully saturated rings. The van der Waals surface area contributed by atoms with Crippen molar-refractivity contribution in [3.8, 4) is 39.9 Å². The summed E-state index contributed by atoms with van der Waals surface area (Å²) in [4.78, 5) is 16.7. The van der Waals surface area contributed by atoms with Crippen molar-refractivity contribution < 1.29 is 18.7 Å². The number of fused-ring (bicyclic) bond motifs is 1. The fourth-order valence-electron chi connectivity index (χ4n) is 3.10. The van der Waals surface area contributed by atoms with Crippen LogP contribution >= 0.6 is 0 Å². The van der Waals surface area contributed by atoms with E-state index in [-0.39, 0.29) is 24.8 Å². The fraction of sp³-hybridized carbons (Fsp3) is 0.143. The van der Waals surface area contributed by atoms with Gasteiger partial charge in [-0.1, -0.05) is 17.3 Å². The molecular formula is C21H16N4O5. The number of methoxy groups -OCH3 is 1. The molecule has 0 unspecified atom stereocenters. The molecule has 0 aliphatic carbocycles. The van der Waals surface area contributed by atoms with Gasteiger partial charge in [-0.25, -0.2) is 4.68 Å². The van der Waals surface area contributed by atoms with Gasteiger partial charge >= 0.3 is 0 Å². The van der Waals surface area contributed by atoms with Crippen molar-refractivity contribution in [1.29, 1.82) is 0 Å². The third-order valence-corrected chi connectivity index (χ3v) is 4.62. The van der Waals surface area contributed by atoms with Crippen LogP contribution in [0, 0.1) is 0 Å². The maximum Gasteiger partial charge on any atom is 0.267 e. The van der Waals surface area contributed by atoms with Crippen LogP contribution in [-0.4, -0.2) is 33.8 Å². The largest absolute Gasteiger partial charge is 0.497 e. The first-order valence-corrected chi connectivity index (χ1v) is 9.15. The fourth-order valence-corrected chi connectivity index (χ4v) is 3.10. The minimum atomic E-state index is -0.274. The SMILES string of the molecule is COc1cccc(-c2ccc(=O)n(Cc3nc(-c4ccc5c(c4)OCO5)no3)n2)c1. The minimum Gasteiger partial charge on any atom is -0.497 e. The Balaban J connectivity index is 1.42. The molecule has 2 aromatic carbocycles. The summed E-state index contributed by atoms with van der Waals surface area (Å²) in [7, 11) is 1.60. The van der Waals surface area contributed by atoms with Gasteiger partial charge in [0.05, 0.1) is 12.8 Å². The van der Waals surface area contributed by atoms with E-state index in [9.17, 15) is 4.79 Å². The quantitative estimate of drug-likeness (QED) is 0.500. The van der Waals surface area contributed by atoms with Gasteiger partial charge in [0, 0.05) is 17.2 Å². The van der Waals surface area contributed by atoms with E-state index in [2.05, 4.69) is 15.2 Å². The van der Waals surface area contributed by atoms with Gasteiger partial charge in [-0.2, -0.15) is 10.1 Å². The molecule has 2 aromatic heterocycles. The monoisotopic (exact) mass is 404 g/mol. The zero-order chi connectivity index (χ0) is 20.5. The molecule has 3 heterocycles. The molecule has 1 aliphatic heterocycles. The topological polar surface area (TPSA) is 102 Å². The van der Waals surface area contributed by atoms with E-state index in [0.29, 0.717) is 28.8 Å². The average molecular weight is 404 g/mol. The smallest absolute Gasteiger partial charge is 0.267 e. The first kappa shape index (κ1) is 17.9. The van der Waals surface area contributed by atoms with Gasteiger partial charge in [0.15, 0.2) is 11.5 Å². The number of aromatic nitrogens is 4. The number of nitrogens with zero attached hydrogens (tertiary/aromatic N) is 4. The van der Waals surface area contributed by atoms with E-state index in [1.165, 1.54) is 10.7 Å². The molecule has 9 heteroatoms. The zero-order valence-corrected chi connectivity index (χ0v) is 15.9. The van der Waals surface area contributed by atoms with Crippen LogP contribution in [0.5, 0.6) is 17.2 Å². The molecule has 0 atom stereocenters. The molecular weight excluding hydrogens is 388 g/mol. The van der Waals surface area contributed by atoms with Crippen molar-refractivity contribution in [2.75, 3.05) is 13.9 Å². The van der Waals surface area contributed by atoms with Crippen LogP contribution in [0.1, 0.15) is 5.89 Å². The lowest BCUT2D eigenvalue weighted by molar-refractivity contribution is 0.174. The van der Waals surface area contributed by atoms with Crippen molar-refractivity contribution in [3.63, 3.8) is 0 Å². The van der Waals surface area contributed by atoms with Gasteiger partial charge in [-0.3, -0.25) is 4.79 Å². The third kappa shape index (κ3) is 3.37. The van der Waals surface area contributed by atoms with Crippen LogP contribution in [0.4, 0.5) is 0 Å². The van der Waals surface area contributed by atoms with E-state index >= 15 is 0 Å². The highest BCUT2D eigenvalue weighted by Crippen LogP contribution is 2.35. The van der Waals surface area contributed by atoms with Gasteiger partial charge in [0.25, 0.3) is 5.56 Å². The molecule has 30 heavy (non-hydrogen) atoms. The van der Waals surface area contributed by atoms with Crippen molar-refractivity contribution in [2.45, 2.75) is 6.54 Å². The van der Waals surface area contributed by atoms with Crippen LogP contribution in [-0.2, 0) is 6.54 Å². The highest BCUT2D eigenvalue weighted by Gasteiger charge is 2.17. The molecule has 0 spiro atoms. The van der Waals surface area contributed by atoms with E-state index < -0.39 is 0 Å². The summed E-state index contributed by atoms with van der Waals surface area (Å²) in [6, 6.07) is 16.0. The summed E-state index contributed by atoms with van der Waals surface area (Å²) in [5.41, 5.74) is 1.91. The number of hydrogen-bond donors (Lipinski definition) is 0. The summed E-state index contributed by atoms with van der Waals surface area (Å²) in [5.74, 6) is 2.66. The first-order valence-electron chi connectivity index (χ1n) is 9.15. The molecule has 4 aromatic rings. The molecule has 150 valence electrons. The Kier molecular flexibility index (Phi) is 4.40. The number of ether oxygens (including phenoxy) is 3. The maximum atomic E-state index is 12.3. The Morgan fingerprint density at radius 1 is 1.03 bits per heavy atom. The molecule has 0 amide bonds. The standard InChI is InChI=1S/C21H16N4O5/c1-27-15-4-2-3-13(9-15)16-6-8-20(26)25(23-16)11-19-22-21(24-30-19)14-5-7-17-18(10-14)29-12-28-17/h2-10H,11-12H2,1H3. The third-order valence-electron chi connectivity index (χ3n) is 4.62. The summed E-state index contributed by atoms with van der Waals surface area (Å²) >= 11 is 0. The van der Waals surface area contributed by atoms with E-state index in [4.69, 9.17) is 18.7 Å². The van der Waals surface area contributed by atoms with Crippen molar-refractivity contribution in [2.24, 2.45) is 0 Å². The molecule has 0 radical (unpaired) electrons. The van der Waals surface area contributed by atoms with Crippen LogP contribution in [0.25, 0.3) is 22.6 Å². The van der Waals surface area contributed by atoms with Gasteiger partial charge in [0.2, 0.25) is 18.5 Å². The van der Waals surface area contributed by atoms with Crippen LogP contribution in [0.3, 0.4) is 0 Å². The maximum absolute atomic E-state index is 12.3. The molecule has 5 rings (SSSR count). The summed E-state index contributed by atoms with van der Waals surface area (Å²) < 4.78 is 22.5. The number of rotatable bonds is 5. The normalized spacial score (nSPS) is 12.2. The second-order valence-corrected chi connectivity index (χ2v) is 6.53. The highest BCUT2D eigenvalue weighted by atomic mass is 16.7. The minimum absolute atomic E-state index is 0.0498. The predicted octanol–water partition coefficient (Wildman–Crippen LogP) is 2.75. The number of benzene rings is 2. The second kappa shape index (κ2) is 7.36. The Morgan fingerprint density at radius 3 is 2.83 bits per heavy atom. The molecule has 9 nitrogen and oxygen atoms in total. The Hall–Kier alpha value is -4.14. The lowest BCUT2D eigenvalue weighted by Gasteiger charge is -2.06. The Bertz CT molecular complexity index is 1280. The lowest BCUT2D eigenvalue weighted by Crippen LogP contribution is -2.23. The average Bonchev–Trinajstić information content (AvgIpc) is 3.44. The first-order chi connectivity index (χ1) is 14.7. The van der Waals surface area contributed by atoms with E-state index in [0.717, 1.165) is 11.1 Å². The van der Waals surface area contributed by atoms with Crippen molar-refractivity contribution in [1.82, 2.24) is 19.9 Å². The highest BCUT2D eigenvalue weighted by molar-refractivity contribution is 5.61. The van der Waals surface area contributed by atoms with Crippen LogP contribution in [0.2, 0.25) is 0 Å². The lowest BCUT2D eigenvalue weighted by atomic mass is 10.1. The zero-order valence-electron chi connectivity index (χ0n) is 15.9. The van der Waals surface area contributed by atoms with Crippen LogP contribution < -0.4 is 19.8 Å². The molecule has 0 saturated heterocycles. The predicted molar refractivity (Wildman–Crippen MR) is 105 cm³/mol. The van der Waals surface area contributed by atoms with Crippen LogP contribution in [0.15, 0.2) is 63.9 Å². The molecule has 0 saturated carbocycles. The Morgan fingerprint density at radius 2 is 1.93 bits per heavy atom. The molecule has 0 N–H and O–H groups in total. The summed E-state index contributed by atoms with van der Waals surface area (Å²) in [5, 5.41) is 8.43. The molecule has 1 aliphatic rings. The van der Waals surface area contributed by atoms with Gasteiger partial charge in [-0.15, -0.1) is 0 Å². The number of hydrogen-bond acceptors (Lipinski definition) is 8. The second-order valence-electron chi connectivity index (χ2n) is 6.53. The van der Waals surface area contributed by atoms with Crippen molar-refractivity contribution >= 4 is 0 Å². The Labute approximate surface area is 170 Å². The van der Waals surface area contributed by atoms with Gasteiger partial charge in [0.1, 0.15) is 12.3 Å². The summed E-state index contributed by atoms with van der Waals surface area (Å²) in [6.45, 7) is 0.239. The van der Waals surface area contributed by atoms with Gasteiger partial charge < -0.3 is 18.7 Å². The van der Waals surface area contributed by atoms with Crippen molar-refractivity contribution in [3.05, 3.63) is 70.8 Å². The van der Waals surface area contributed by atoms with E-state index in [1.54, 1.807) is 25.3 Å². The van der Waals surface area contributed by atoms with Gasteiger partial charge in [-0.05, 0) is 36.4 Å². The van der Waals surface area contributed by atoms with E-state index in [1.807, 2.05) is 30.3 Å².